The molecule has 3 aromatic rings. The lowest BCUT2D eigenvalue weighted by Gasteiger charge is -2.40. The average Bonchev–Trinajstić information content (AvgIpc) is 3.29. The first-order valence-electron chi connectivity index (χ1n) is 14.3. The highest BCUT2D eigenvalue weighted by molar-refractivity contribution is 7.92. The Morgan fingerprint density at radius 2 is 1.91 bits per heavy atom. The number of benzene rings is 1. The largest absolute Gasteiger partial charge is 0.444 e. The number of piperidine rings is 1. The minimum Gasteiger partial charge on any atom is -0.444 e. The summed E-state index contributed by atoms with van der Waals surface area (Å²) < 4.78 is 33.4. The number of carbonyl (C=O) groups is 2. The van der Waals surface area contributed by atoms with Crippen LogP contribution in [0.25, 0.3) is 5.65 Å². The maximum Gasteiger partial charge on any atom is 0.407 e. The minimum absolute atomic E-state index is 0.187. The Bertz CT molecular complexity index is 1650. The minimum atomic E-state index is -3.61. The zero-order valence-corrected chi connectivity index (χ0v) is 26.6. The molecular formula is C29H38ClN7O5S. The zero-order chi connectivity index (χ0) is 31.1. The van der Waals surface area contributed by atoms with Gasteiger partial charge in [0, 0.05) is 54.9 Å². The molecule has 0 bridgehead atoms. The monoisotopic (exact) mass is 631 g/mol. The maximum absolute atomic E-state index is 13.8. The lowest BCUT2D eigenvalue weighted by Crippen LogP contribution is -2.52. The number of anilines is 2. The number of halogens is 1. The van der Waals surface area contributed by atoms with E-state index in [1.165, 1.54) is 12.1 Å². The van der Waals surface area contributed by atoms with E-state index in [1.807, 2.05) is 40.0 Å². The summed E-state index contributed by atoms with van der Waals surface area (Å²) in [7, 11) is -3.61. The van der Waals surface area contributed by atoms with E-state index in [4.69, 9.17) is 26.4 Å². The molecule has 5 rings (SSSR count). The third-order valence-corrected chi connectivity index (χ3v) is 8.25. The highest BCUT2D eigenvalue weighted by Crippen LogP contribution is 2.35. The fourth-order valence-electron chi connectivity index (χ4n) is 5.53. The van der Waals surface area contributed by atoms with E-state index >= 15 is 0 Å². The second-order valence-corrected chi connectivity index (χ2v) is 14.5. The van der Waals surface area contributed by atoms with E-state index in [2.05, 4.69) is 14.9 Å². The molecule has 4 heterocycles. The van der Waals surface area contributed by atoms with Gasteiger partial charge in [-0.1, -0.05) is 11.6 Å². The molecule has 0 unspecified atom stereocenters. The Balaban J connectivity index is 1.32. The predicted octanol–water partition coefficient (Wildman–Crippen LogP) is 4.39. The number of hydrogen-bond donors (Lipinski definition) is 2. The molecule has 2 aromatic heterocycles. The summed E-state index contributed by atoms with van der Waals surface area (Å²) >= 11 is 6.21. The van der Waals surface area contributed by atoms with Crippen molar-refractivity contribution in [3.63, 3.8) is 0 Å². The van der Waals surface area contributed by atoms with Crippen LogP contribution < -0.4 is 14.9 Å². The van der Waals surface area contributed by atoms with Crippen molar-refractivity contribution < 1.29 is 22.7 Å². The van der Waals surface area contributed by atoms with Crippen LogP contribution in [-0.4, -0.2) is 78.0 Å². The van der Waals surface area contributed by atoms with Gasteiger partial charge in [0.2, 0.25) is 10.0 Å². The summed E-state index contributed by atoms with van der Waals surface area (Å²) in [5.41, 5.74) is 2.20. The summed E-state index contributed by atoms with van der Waals surface area (Å²) in [6.07, 6.45) is 5.04. The standard InChI is InChI=1S/C29H38ClN7O5S/c1-18-15-37-25(32-26(18)35-16-19(17-35)14-31-28(39)42-29(2,3)4)13-23(33-37)24-8-6-7-11-36(24)27(38)21-12-20(30)9-10-22(21)34-43(5,40)41/h9-10,12-13,15,19,24,34H,6-8,11,14,16-17H2,1-5H3,(H,31,39)/t24-/m0/s1. The average molecular weight is 632 g/mol. The van der Waals surface area contributed by atoms with Crippen LogP contribution in [0.1, 0.15) is 67.7 Å². The molecule has 2 aliphatic rings. The molecule has 0 aliphatic carbocycles. The van der Waals surface area contributed by atoms with Crippen LogP contribution in [0.4, 0.5) is 16.3 Å². The Hall–Kier alpha value is -3.58. The molecule has 1 atom stereocenters. The molecule has 2 saturated heterocycles. The first kappa shape index (κ1) is 30.9. The fourth-order valence-corrected chi connectivity index (χ4v) is 6.28. The second-order valence-electron chi connectivity index (χ2n) is 12.3. The van der Waals surface area contributed by atoms with E-state index in [0.29, 0.717) is 29.7 Å². The van der Waals surface area contributed by atoms with Gasteiger partial charge in [-0.25, -0.2) is 22.7 Å². The number of likely N-dealkylation sites (tertiary alicyclic amines) is 1. The van der Waals surface area contributed by atoms with Gasteiger partial charge in [0.15, 0.2) is 5.65 Å². The lowest BCUT2D eigenvalue weighted by atomic mass is 9.98. The Kier molecular flexibility index (Phi) is 8.50. The molecule has 2 amide bonds. The Labute approximate surface area is 256 Å². The number of rotatable bonds is 7. The molecule has 2 aliphatic heterocycles. The van der Waals surface area contributed by atoms with Crippen molar-refractivity contribution in [2.75, 3.05) is 42.1 Å². The molecule has 2 fully saturated rings. The summed E-state index contributed by atoms with van der Waals surface area (Å²) in [6, 6.07) is 6.15. The van der Waals surface area contributed by atoms with E-state index in [9.17, 15) is 18.0 Å². The summed E-state index contributed by atoms with van der Waals surface area (Å²) in [6.45, 7) is 10.0. The zero-order valence-electron chi connectivity index (χ0n) is 25.1. The highest BCUT2D eigenvalue weighted by atomic mass is 35.5. The van der Waals surface area contributed by atoms with Gasteiger partial charge in [-0.05, 0) is 65.2 Å². The SMILES string of the molecule is Cc1cn2nc([C@@H]3CCCCN3C(=O)c3cc(Cl)ccc3NS(C)(=O)=O)cc2nc1N1CC(CNC(=O)OC(C)(C)C)C1. The van der Waals surface area contributed by atoms with Gasteiger partial charge in [-0.3, -0.25) is 9.52 Å². The van der Waals surface area contributed by atoms with Crippen LogP contribution >= 0.6 is 11.6 Å². The maximum atomic E-state index is 13.8. The van der Waals surface area contributed by atoms with Gasteiger partial charge in [0.25, 0.3) is 5.91 Å². The molecule has 1 aromatic carbocycles. The third-order valence-electron chi connectivity index (χ3n) is 7.43. The molecule has 0 saturated carbocycles. The number of nitrogens with zero attached hydrogens (tertiary/aromatic N) is 5. The van der Waals surface area contributed by atoms with Crippen molar-refractivity contribution in [3.05, 3.63) is 52.3 Å². The van der Waals surface area contributed by atoms with Crippen molar-refractivity contribution in [2.45, 2.75) is 58.6 Å². The van der Waals surface area contributed by atoms with Crippen molar-refractivity contribution >= 4 is 50.8 Å². The number of aryl methyl sites for hydroxylation is 1. The van der Waals surface area contributed by atoms with Crippen LogP contribution in [0.2, 0.25) is 5.02 Å². The highest BCUT2D eigenvalue weighted by Gasteiger charge is 2.33. The van der Waals surface area contributed by atoms with Crippen LogP contribution in [0, 0.1) is 12.8 Å². The quantitative estimate of drug-likeness (QED) is 0.392. The van der Waals surface area contributed by atoms with Gasteiger partial charge in [0.1, 0.15) is 11.4 Å². The first-order chi connectivity index (χ1) is 20.2. The number of ether oxygens (including phenoxy) is 1. The van der Waals surface area contributed by atoms with E-state index in [-0.39, 0.29) is 23.2 Å². The Morgan fingerprint density at radius 1 is 1.16 bits per heavy atom. The van der Waals surface area contributed by atoms with Crippen molar-refractivity contribution in [3.8, 4) is 0 Å². The number of aromatic nitrogens is 3. The topological polar surface area (TPSA) is 138 Å². The molecule has 232 valence electrons. The van der Waals surface area contributed by atoms with Crippen LogP contribution in [0.5, 0.6) is 0 Å². The van der Waals surface area contributed by atoms with E-state index in [1.54, 1.807) is 15.5 Å². The van der Waals surface area contributed by atoms with Crippen molar-refractivity contribution in [2.24, 2.45) is 5.92 Å². The number of fused-ring (bicyclic) bond motifs is 1. The van der Waals surface area contributed by atoms with Gasteiger partial charge in [-0.15, -0.1) is 0 Å². The molecular weight excluding hydrogens is 594 g/mol. The lowest BCUT2D eigenvalue weighted by molar-refractivity contribution is 0.0515. The number of hydrogen-bond acceptors (Lipinski definition) is 8. The van der Waals surface area contributed by atoms with Gasteiger partial charge >= 0.3 is 6.09 Å². The number of carbonyl (C=O) groups excluding carboxylic acids is 2. The molecule has 12 nitrogen and oxygen atoms in total. The fraction of sp³-hybridized carbons (Fsp3) is 0.517. The Morgan fingerprint density at radius 3 is 2.60 bits per heavy atom. The van der Waals surface area contributed by atoms with Crippen molar-refractivity contribution in [1.29, 1.82) is 0 Å². The summed E-state index contributed by atoms with van der Waals surface area (Å²) in [4.78, 5) is 34.7. The summed E-state index contributed by atoms with van der Waals surface area (Å²) in [5.74, 6) is 0.840. The van der Waals surface area contributed by atoms with Crippen LogP contribution in [-0.2, 0) is 14.8 Å². The summed E-state index contributed by atoms with van der Waals surface area (Å²) in [5, 5.41) is 7.98. The molecule has 0 radical (unpaired) electrons. The van der Waals surface area contributed by atoms with Crippen LogP contribution in [0.3, 0.4) is 0 Å². The second kappa shape index (κ2) is 11.8. The van der Waals surface area contributed by atoms with Gasteiger partial charge in [0.05, 0.1) is 29.2 Å². The molecule has 43 heavy (non-hydrogen) atoms. The number of amides is 2. The number of sulfonamides is 1. The van der Waals surface area contributed by atoms with E-state index < -0.39 is 21.7 Å². The predicted molar refractivity (Wildman–Crippen MR) is 165 cm³/mol. The van der Waals surface area contributed by atoms with Gasteiger partial charge < -0.3 is 19.9 Å². The molecule has 2 N–H and O–H groups in total. The molecule has 14 heteroatoms. The molecule has 0 spiro atoms. The number of nitrogens with one attached hydrogen (secondary N) is 2. The number of alkyl carbamates (subject to hydrolysis) is 1. The van der Waals surface area contributed by atoms with E-state index in [0.717, 1.165) is 55.7 Å². The van der Waals surface area contributed by atoms with Gasteiger partial charge in [-0.2, -0.15) is 5.10 Å². The third kappa shape index (κ3) is 7.32. The smallest absolute Gasteiger partial charge is 0.407 e. The van der Waals surface area contributed by atoms with Crippen LogP contribution in [0.15, 0.2) is 30.5 Å². The first-order valence-corrected chi connectivity index (χ1v) is 16.6. The van der Waals surface area contributed by atoms with Crippen molar-refractivity contribution in [1.82, 2.24) is 24.8 Å². The normalized spacial score (nSPS) is 18.0.